The van der Waals surface area contributed by atoms with Gasteiger partial charge in [-0.3, -0.25) is 0 Å². The number of hydrogen-bond donors (Lipinski definition) is 0. The Kier molecular flexibility index (Phi) is 8.28. The first-order valence-corrected chi connectivity index (χ1v) is 19.1. The highest BCUT2D eigenvalue weighted by Crippen LogP contribution is 2.47. The zero-order valence-corrected chi connectivity index (χ0v) is 31.7. The fourth-order valence-corrected chi connectivity index (χ4v) is 8.45. The van der Waals surface area contributed by atoms with Crippen LogP contribution in [-0.4, -0.2) is 0 Å². The van der Waals surface area contributed by atoms with Crippen molar-refractivity contribution in [1.82, 2.24) is 0 Å². The lowest BCUT2D eigenvalue weighted by atomic mass is 9.83. The summed E-state index contributed by atoms with van der Waals surface area (Å²) < 4.78 is 0. The van der Waals surface area contributed by atoms with Crippen molar-refractivity contribution in [2.45, 2.75) is 40.0 Å². The number of benzene rings is 10. The van der Waals surface area contributed by atoms with E-state index in [0.717, 1.165) is 0 Å². The van der Waals surface area contributed by atoms with Crippen LogP contribution >= 0.6 is 0 Å². The maximum Gasteiger partial charge on any atom is -0.00201 e. The van der Waals surface area contributed by atoms with Gasteiger partial charge in [0.2, 0.25) is 0 Å². The van der Waals surface area contributed by atoms with E-state index in [1.54, 1.807) is 0 Å². The third-order valence-corrected chi connectivity index (χ3v) is 11.3. The summed E-state index contributed by atoms with van der Waals surface area (Å²) in [6.07, 6.45) is 0. The van der Waals surface area contributed by atoms with Crippen LogP contribution in [0.4, 0.5) is 0 Å². The lowest BCUT2D eigenvalue weighted by molar-refractivity contribution is 0.591. The molecule has 0 bridgehead atoms. The van der Waals surface area contributed by atoms with Crippen molar-refractivity contribution in [3.8, 4) is 22.3 Å². The predicted octanol–water partition coefficient (Wildman–Crippen LogP) is 15.5. The fourth-order valence-electron chi connectivity index (χ4n) is 8.45. The van der Waals surface area contributed by atoms with Gasteiger partial charge in [-0.15, -0.1) is 0 Å². The maximum atomic E-state index is 2.32. The molecule has 0 aliphatic rings. The van der Waals surface area contributed by atoms with Gasteiger partial charge >= 0.3 is 0 Å². The minimum absolute atomic E-state index is 0.208. The molecule has 0 heteroatoms. The molecule has 0 unspecified atom stereocenters. The molecule has 10 aromatic rings. The molecule has 0 fully saturated rings. The van der Waals surface area contributed by atoms with Crippen LogP contribution in [0, 0.1) is 13.8 Å². The Balaban J connectivity index is 0.000000179. The van der Waals surface area contributed by atoms with Gasteiger partial charge in [-0.05, 0) is 135 Å². The molecule has 0 saturated carbocycles. The third kappa shape index (κ3) is 5.80. The first-order valence-electron chi connectivity index (χ1n) is 19.1. The average molecular weight is 693 g/mol. The second-order valence-corrected chi connectivity index (χ2v) is 15.8. The first-order chi connectivity index (χ1) is 26.3. The SMILES string of the molecule is CC(C)(C)c1ccc2cc3ccccc3cc2c1.Cc1ccc(-c2c3ccccc3c(-c3ccc(C)c4ccccc34)c3ccccc23)c2ccccc12. The molecule has 0 N–H and O–H groups in total. The van der Waals surface area contributed by atoms with Gasteiger partial charge < -0.3 is 0 Å². The molecule has 0 atom stereocenters. The summed E-state index contributed by atoms with van der Waals surface area (Å²) in [4.78, 5) is 0. The second kappa shape index (κ2) is 13.3. The van der Waals surface area contributed by atoms with Crippen LogP contribution in [0.25, 0.3) is 86.9 Å². The molecule has 0 saturated heterocycles. The van der Waals surface area contributed by atoms with E-state index in [9.17, 15) is 0 Å². The number of hydrogen-bond acceptors (Lipinski definition) is 0. The van der Waals surface area contributed by atoms with Gasteiger partial charge in [0.15, 0.2) is 0 Å². The fraction of sp³-hybridized carbons (Fsp3) is 0.111. The van der Waals surface area contributed by atoms with E-state index < -0.39 is 0 Å². The van der Waals surface area contributed by atoms with Crippen molar-refractivity contribution in [3.05, 3.63) is 193 Å². The zero-order valence-electron chi connectivity index (χ0n) is 31.7. The summed E-state index contributed by atoms with van der Waals surface area (Å²) in [6, 6.07) is 64.6. The average Bonchev–Trinajstić information content (AvgIpc) is 3.20. The van der Waals surface area contributed by atoms with Crippen LogP contribution in [0.5, 0.6) is 0 Å². The first kappa shape index (κ1) is 33.6. The Labute approximate surface area is 318 Å². The maximum absolute atomic E-state index is 2.32. The van der Waals surface area contributed by atoms with Crippen LogP contribution in [0.2, 0.25) is 0 Å². The monoisotopic (exact) mass is 692 g/mol. The van der Waals surface area contributed by atoms with Crippen LogP contribution in [0.1, 0.15) is 37.5 Å². The normalized spacial score (nSPS) is 11.8. The molecule has 0 amide bonds. The summed E-state index contributed by atoms with van der Waals surface area (Å²) in [5.41, 5.74) is 9.45. The van der Waals surface area contributed by atoms with E-state index in [-0.39, 0.29) is 5.41 Å². The van der Waals surface area contributed by atoms with Crippen LogP contribution < -0.4 is 0 Å². The lowest BCUT2D eigenvalue weighted by Crippen LogP contribution is -2.10. The largest absolute Gasteiger partial charge is 0.0616 e. The highest BCUT2D eigenvalue weighted by molar-refractivity contribution is 6.25. The smallest absolute Gasteiger partial charge is 0.00201 e. The van der Waals surface area contributed by atoms with Gasteiger partial charge in [-0.25, -0.2) is 0 Å². The van der Waals surface area contributed by atoms with Gasteiger partial charge in [0.05, 0.1) is 0 Å². The van der Waals surface area contributed by atoms with Crippen LogP contribution in [0.15, 0.2) is 176 Å². The number of fused-ring (bicyclic) bond motifs is 6. The molecule has 0 aliphatic carbocycles. The summed E-state index contributed by atoms with van der Waals surface area (Å²) in [6.45, 7) is 11.2. The highest BCUT2D eigenvalue weighted by atomic mass is 14.2. The summed E-state index contributed by atoms with van der Waals surface area (Å²) >= 11 is 0. The Morgan fingerprint density at radius 2 is 0.648 bits per heavy atom. The van der Waals surface area contributed by atoms with Gasteiger partial charge in [-0.2, -0.15) is 0 Å². The van der Waals surface area contributed by atoms with E-state index in [1.165, 1.54) is 104 Å². The Morgan fingerprint density at radius 3 is 1.07 bits per heavy atom. The van der Waals surface area contributed by atoms with Crippen molar-refractivity contribution in [1.29, 1.82) is 0 Å². The van der Waals surface area contributed by atoms with Gasteiger partial charge in [-0.1, -0.05) is 185 Å². The second-order valence-electron chi connectivity index (χ2n) is 15.8. The van der Waals surface area contributed by atoms with Gasteiger partial charge in [0.25, 0.3) is 0 Å². The molecular formula is C54H44. The van der Waals surface area contributed by atoms with E-state index >= 15 is 0 Å². The summed E-state index contributed by atoms with van der Waals surface area (Å²) in [5, 5.41) is 15.7. The predicted molar refractivity (Wildman–Crippen MR) is 237 cm³/mol. The molecule has 54 heavy (non-hydrogen) atoms. The molecule has 10 aromatic carbocycles. The van der Waals surface area contributed by atoms with Crippen molar-refractivity contribution in [2.75, 3.05) is 0 Å². The molecule has 0 nitrogen and oxygen atoms in total. The molecule has 0 heterocycles. The van der Waals surface area contributed by atoms with E-state index in [2.05, 4.69) is 211 Å². The van der Waals surface area contributed by atoms with Gasteiger partial charge in [0, 0.05) is 0 Å². The van der Waals surface area contributed by atoms with E-state index in [4.69, 9.17) is 0 Å². The summed E-state index contributed by atoms with van der Waals surface area (Å²) in [7, 11) is 0. The van der Waals surface area contributed by atoms with Crippen molar-refractivity contribution in [2.24, 2.45) is 0 Å². The molecule has 0 aromatic heterocycles. The molecule has 0 spiro atoms. The quantitative estimate of drug-likeness (QED) is 0.158. The number of rotatable bonds is 2. The molecule has 0 radical (unpaired) electrons. The number of aryl methyl sites for hydroxylation is 2. The summed E-state index contributed by atoms with van der Waals surface area (Å²) in [5.74, 6) is 0. The topological polar surface area (TPSA) is 0 Å². The highest BCUT2D eigenvalue weighted by Gasteiger charge is 2.19. The Morgan fingerprint density at radius 1 is 0.296 bits per heavy atom. The van der Waals surface area contributed by atoms with E-state index in [0.29, 0.717) is 0 Å². The van der Waals surface area contributed by atoms with Gasteiger partial charge in [0.1, 0.15) is 0 Å². The Bertz CT molecular complexity index is 2840. The van der Waals surface area contributed by atoms with Crippen LogP contribution in [-0.2, 0) is 5.41 Å². The standard InChI is InChI=1S/C36H26.C18H18/c1-23-19-21-33(27-13-5-3-11-25(23)27)35-29-15-7-9-17-31(29)36(32-18-10-8-16-30(32)35)34-22-20-24(2)26-12-4-6-14-28(26)34;1-18(2,3)17-9-8-15-10-13-6-4-5-7-14(13)11-16(15)12-17/h3-22H,1-2H3;4-12H,1-3H3. The minimum atomic E-state index is 0.208. The minimum Gasteiger partial charge on any atom is -0.0616 e. The third-order valence-electron chi connectivity index (χ3n) is 11.3. The zero-order chi connectivity index (χ0) is 37.0. The van der Waals surface area contributed by atoms with Crippen molar-refractivity contribution in [3.63, 3.8) is 0 Å². The molecule has 0 aliphatic heterocycles. The Hall–Kier alpha value is -6.24. The molecule has 260 valence electrons. The molecule has 10 rings (SSSR count). The van der Waals surface area contributed by atoms with Crippen molar-refractivity contribution < 1.29 is 0 Å². The molecular weight excluding hydrogens is 649 g/mol. The van der Waals surface area contributed by atoms with E-state index in [1.807, 2.05) is 0 Å². The van der Waals surface area contributed by atoms with Crippen molar-refractivity contribution >= 4 is 64.6 Å². The van der Waals surface area contributed by atoms with Crippen LogP contribution in [0.3, 0.4) is 0 Å². The lowest BCUT2D eigenvalue weighted by Gasteiger charge is -2.20.